The van der Waals surface area contributed by atoms with Gasteiger partial charge in [-0.1, -0.05) is 60.7 Å². The van der Waals surface area contributed by atoms with Gasteiger partial charge in [-0.3, -0.25) is 0 Å². The summed E-state index contributed by atoms with van der Waals surface area (Å²) in [5.41, 5.74) is 12.8. The van der Waals surface area contributed by atoms with Crippen LogP contribution in [-0.2, 0) is 5.41 Å². The predicted octanol–water partition coefficient (Wildman–Crippen LogP) is 6.91. The number of allylic oxidation sites excluding steroid dienone is 4. The second-order valence-corrected chi connectivity index (χ2v) is 10.9. The Labute approximate surface area is 232 Å². The zero-order valence-electron chi connectivity index (χ0n) is 22.6. The van der Waals surface area contributed by atoms with Crippen LogP contribution in [0.3, 0.4) is 0 Å². The molecule has 3 N–H and O–H groups in total. The summed E-state index contributed by atoms with van der Waals surface area (Å²) in [6.07, 6.45) is 9.97. The Hall–Kier alpha value is -3.05. The fraction of sp³-hybridized carbons (Fsp3) is 0.333. The van der Waals surface area contributed by atoms with Crippen molar-refractivity contribution in [3.05, 3.63) is 113 Å². The Morgan fingerprint density at radius 1 is 1.18 bits per heavy atom. The first-order valence-electron chi connectivity index (χ1n) is 13.3. The lowest BCUT2D eigenvalue weighted by atomic mass is 9.69. The van der Waals surface area contributed by atoms with Crippen LogP contribution < -0.4 is 10.5 Å². The number of aliphatic hydroxyl groups excluding tert-OH is 1. The molecule has 5 heteroatoms. The van der Waals surface area contributed by atoms with Crippen LogP contribution in [0.25, 0.3) is 11.1 Å². The Bertz CT molecular complexity index is 1260. The van der Waals surface area contributed by atoms with Gasteiger partial charge in [0.25, 0.3) is 0 Å². The van der Waals surface area contributed by atoms with Crippen LogP contribution in [0.1, 0.15) is 49.8 Å². The number of hydrogen-bond acceptors (Lipinski definition) is 4. The van der Waals surface area contributed by atoms with Gasteiger partial charge >= 0.3 is 0 Å². The van der Waals surface area contributed by atoms with Gasteiger partial charge in [-0.25, -0.2) is 0 Å². The lowest BCUT2D eigenvalue weighted by Crippen LogP contribution is -2.48. The molecule has 200 valence electrons. The number of hydrogen-bond donors (Lipinski definition) is 2. The van der Waals surface area contributed by atoms with Gasteiger partial charge in [0.15, 0.2) is 0 Å². The lowest BCUT2D eigenvalue weighted by molar-refractivity contribution is 0.0423. The Kier molecular flexibility index (Phi) is 8.99. The summed E-state index contributed by atoms with van der Waals surface area (Å²) in [5.74, 6) is 0.852. The Morgan fingerprint density at radius 2 is 1.89 bits per heavy atom. The molecule has 0 radical (unpaired) electrons. The highest BCUT2D eigenvalue weighted by Crippen LogP contribution is 2.41. The van der Waals surface area contributed by atoms with Crippen LogP contribution in [0.15, 0.2) is 91.2 Å². The van der Waals surface area contributed by atoms with Gasteiger partial charge in [0.1, 0.15) is 12.4 Å². The fourth-order valence-corrected chi connectivity index (χ4v) is 5.71. The fourth-order valence-electron chi connectivity index (χ4n) is 5.59. The monoisotopic (exact) mass is 530 g/mol. The van der Waals surface area contributed by atoms with E-state index in [4.69, 9.17) is 22.1 Å². The maximum atomic E-state index is 10.8. The van der Waals surface area contributed by atoms with Crippen molar-refractivity contribution in [2.45, 2.75) is 44.6 Å². The van der Waals surface area contributed by atoms with Crippen LogP contribution in [0, 0.1) is 0 Å². The molecule has 1 atom stereocenters. The molecule has 0 amide bonds. The van der Waals surface area contributed by atoms with E-state index in [0.29, 0.717) is 6.61 Å². The van der Waals surface area contributed by atoms with Crippen molar-refractivity contribution in [1.82, 2.24) is 4.90 Å². The maximum Gasteiger partial charge on any atom is 0.127 e. The van der Waals surface area contributed by atoms with E-state index < -0.39 is 6.10 Å². The molecule has 0 aliphatic carbocycles. The van der Waals surface area contributed by atoms with Gasteiger partial charge in [-0.2, -0.15) is 0 Å². The van der Waals surface area contributed by atoms with Crippen molar-refractivity contribution in [2.75, 3.05) is 26.2 Å². The van der Waals surface area contributed by atoms with Gasteiger partial charge in [-0.05, 0) is 111 Å². The number of fused-ring (bicyclic) bond motifs is 1. The first kappa shape index (κ1) is 28.0. The van der Waals surface area contributed by atoms with Crippen LogP contribution in [-0.4, -0.2) is 42.4 Å². The molecule has 2 heterocycles. The van der Waals surface area contributed by atoms with E-state index in [0.717, 1.165) is 83.1 Å². The highest BCUT2D eigenvalue weighted by Gasteiger charge is 2.40. The molecule has 2 aromatic carbocycles. The third kappa shape index (κ3) is 5.99. The summed E-state index contributed by atoms with van der Waals surface area (Å²) >= 11 is 6.13. The molecule has 38 heavy (non-hydrogen) atoms. The molecule has 4 rings (SSSR count). The second-order valence-electron chi connectivity index (χ2n) is 10.4. The minimum Gasteiger partial charge on any atom is -0.488 e. The lowest BCUT2D eigenvalue weighted by Gasteiger charge is -2.44. The van der Waals surface area contributed by atoms with Gasteiger partial charge in [0.2, 0.25) is 0 Å². The molecule has 2 aromatic rings. The van der Waals surface area contributed by atoms with Crippen molar-refractivity contribution in [2.24, 2.45) is 5.73 Å². The minimum atomic E-state index is -0.424. The van der Waals surface area contributed by atoms with Crippen molar-refractivity contribution >= 4 is 22.7 Å². The highest BCUT2D eigenvalue weighted by molar-refractivity contribution is 6.30. The van der Waals surface area contributed by atoms with E-state index in [2.05, 4.69) is 48.4 Å². The van der Waals surface area contributed by atoms with Crippen LogP contribution in [0.5, 0.6) is 5.75 Å². The number of nitrogens with two attached hydrogens (primary N) is 1. The molecular weight excluding hydrogens is 492 g/mol. The summed E-state index contributed by atoms with van der Waals surface area (Å²) in [4.78, 5) is 2.49. The third-order valence-electron chi connectivity index (χ3n) is 7.97. The molecule has 2 aliphatic heterocycles. The normalized spacial score (nSPS) is 20.8. The summed E-state index contributed by atoms with van der Waals surface area (Å²) in [6, 6.07) is 14.2. The van der Waals surface area contributed by atoms with Gasteiger partial charge in [-0.15, -0.1) is 0 Å². The SMILES string of the molecule is C=C1COc2ccc(C(=C)C)cc2C(=C/CCN2CCC(c3ccc(Cl)cc3)(C(C)O)CC2)/C1=C/C=C\N. The quantitative estimate of drug-likeness (QED) is 0.408. The topological polar surface area (TPSA) is 58.7 Å². The molecule has 0 aromatic heterocycles. The number of likely N-dealkylation sites (tertiary alicyclic amines) is 1. The number of piperidine rings is 1. The van der Waals surface area contributed by atoms with Crippen LogP contribution in [0.2, 0.25) is 5.02 Å². The highest BCUT2D eigenvalue weighted by atomic mass is 35.5. The number of rotatable bonds is 7. The van der Waals surface area contributed by atoms with Gasteiger partial charge in [0, 0.05) is 22.5 Å². The zero-order chi connectivity index (χ0) is 27.3. The first-order valence-corrected chi connectivity index (χ1v) is 13.7. The van der Waals surface area contributed by atoms with Crippen molar-refractivity contribution in [3.8, 4) is 5.75 Å². The van der Waals surface area contributed by atoms with Gasteiger partial charge < -0.3 is 20.5 Å². The minimum absolute atomic E-state index is 0.238. The molecule has 1 unspecified atom stereocenters. The van der Waals surface area contributed by atoms with Gasteiger partial charge in [0.05, 0.1) is 6.10 Å². The molecule has 1 fully saturated rings. The first-order chi connectivity index (χ1) is 18.2. The van der Waals surface area contributed by atoms with Crippen LogP contribution in [0.4, 0.5) is 0 Å². The predicted molar refractivity (Wildman–Crippen MR) is 160 cm³/mol. The molecular formula is C33H39ClN2O2. The second kappa shape index (κ2) is 12.2. The summed E-state index contributed by atoms with van der Waals surface area (Å²) in [7, 11) is 0. The number of nitrogens with zero attached hydrogens (tertiary/aromatic N) is 1. The largest absolute Gasteiger partial charge is 0.488 e. The molecule has 0 bridgehead atoms. The van der Waals surface area contributed by atoms with Crippen molar-refractivity contribution in [1.29, 1.82) is 0 Å². The zero-order valence-corrected chi connectivity index (χ0v) is 23.3. The number of benzene rings is 2. The van der Waals surface area contributed by atoms with E-state index in [1.165, 1.54) is 11.8 Å². The molecule has 1 saturated heterocycles. The van der Waals surface area contributed by atoms with E-state index >= 15 is 0 Å². The van der Waals surface area contributed by atoms with Crippen molar-refractivity contribution in [3.63, 3.8) is 0 Å². The van der Waals surface area contributed by atoms with E-state index in [1.54, 1.807) is 0 Å². The van der Waals surface area contributed by atoms with Crippen molar-refractivity contribution < 1.29 is 9.84 Å². The molecule has 2 aliphatic rings. The molecule has 0 saturated carbocycles. The van der Waals surface area contributed by atoms with Crippen LogP contribution >= 0.6 is 11.6 Å². The van der Waals surface area contributed by atoms with E-state index in [1.807, 2.05) is 44.2 Å². The standard InChI is InChI=1S/C33H39ClN2O2/c1-23(2)26-9-14-32-31(21-26)30(29(7-5-17-35)24(3)22-38-32)8-6-18-36-19-15-33(16-20-36,25(4)37)27-10-12-28(34)13-11-27/h5,7-14,17,21,25,37H,1,3,6,15-16,18-20,22,35H2,2,4H3/b17-5-,29-7+,30-8+. The van der Waals surface area contributed by atoms with E-state index in [9.17, 15) is 5.11 Å². The Balaban J connectivity index is 1.55. The smallest absolute Gasteiger partial charge is 0.127 e. The number of halogens is 1. The number of aliphatic hydroxyl groups is 1. The summed E-state index contributed by atoms with van der Waals surface area (Å²) < 4.78 is 6.12. The maximum absolute atomic E-state index is 10.8. The summed E-state index contributed by atoms with van der Waals surface area (Å²) in [6.45, 7) is 15.6. The Morgan fingerprint density at radius 3 is 2.53 bits per heavy atom. The molecule has 4 nitrogen and oxygen atoms in total. The average Bonchev–Trinajstić information content (AvgIpc) is 3.04. The summed E-state index contributed by atoms with van der Waals surface area (Å²) in [5, 5.41) is 11.5. The van der Waals surface area contributed by atoms with E-state index in [-0.39, 0.29) is 5.41 Å². The molecule has 0 spiro atoms. The average molecular weight is 531 g/mol. The number of ether oxygens (including phenoxy) is 1. The third-order valence-corrected chi connectivity index (χ3v) is 8.22.